The van der Waals surface area contributed by atoms with Gasteiger partial charge in [0.25, 0.3) is 0 Å². The third-order valence-electron chi connectivity index (χ3n) is 2.04. The second-order valence-electron chi connectivity index (χ2n) is 3.88. The molecule has 0 radical (unpaired) electrons. The van der Waals surface area contributed by atoms with Crippen LogP contribution in [0.2, 0.25) is 0 Å². The molecule has 0 aliphatic carbocycles. The molecule has 0 bridgehead atoms. The number of hydrogen-bond acceptors (Lipinski definition) is 3. The average Bonchev–Trinajstić information content (AvgIpc) is 2.13. The molecule has 0 saturated carbocycles. The van der Waals surface area contributed by atoms with Gasteiger partial charge in [-0.3, -0.25) is 4.79 Å². The summed E-state index contributed by atoms with van der Waals surface area (Å²) in [4.78, 5) is 11.5. The Kier molecular flexibility index (Phi) is 7.01. The first-order chi connectivity index (χ1) is 6.49. The first-order valence-electron chi connectivity index (χ1n) is 4.96. The van der Waals surface area contributed by atoms with Gasteiger partial charge in [0.1, 0.15) is 0 Å². The first kappa shape index (κ1) is 13.8. The zero-order valence-electron chi connectivity index (χ0n) is 9.41. The lowest BCUT2D eigenvalue weighted by atomic mass is 10.1. The Morgan fingerprint density at radius 3 is 2.43 bits per heavy atom. The SMILES string of the molecule is COCCC(C)NC(=O)C(S)C(C)C. The molecule has 0 aliphatic heterocycles. The van der Waals surface area contributed by atoms with Gasteiger partial charge in [0.15, 0.2) is 0 Å². The highest BCUT2D eigenvalue weighted by molar-refractivity contribution is 7.81. The molecule has 84 valence electrons. The molecule has 0 aromatic heterocycles. The summed E-state index contributed by atoms with van der Waals surface area (Å²) in [6, 6.07) is 0.149. The quantitative estimate of drug-likeness (QED) is 0.664. The second-order valence-corrected chi connectivity index (χ2v) is 4.44. The number of thiol groups is 1. The number of amides is 1. The third-order valence-corrected chi connectivity index (χ3v) is 2.87. The Balaban J connectivity index is 3.81. The third kappa shape index (κ3) is 5.50. The van der Waals surface area contributed by atoms with Gasteiger partial charge in [-0.15, -0.1) is 0 Å². The Morgan fingerprint density at radius 2 is 2.00 bits per heavy atom. The summed E-state index contributed by atoms with van der Waals surface area (Å²) in [5, 5.41) is 2.68. The van der Waals surface area contributed by atoms with Crippen molar-refractivity contribution in [3.63, 3.8) is 0 Å². The second kappa shape index (κ2) is 7.12. The van der Waals surface area contributed by atoms with Crippen molar-refractivity contribution < 1.29 is 9.53 Å². The van der Waals surface area contributed by atoms with E-state index in [4.69, 9.17) is 4.74 Å². The molecule has 0 aromatic rings. The normalized spacial score (nSPS) is 15.3. The van der Waals surface area contributed by atoms with Gasteiger partial charge in [0, 0.05) is 19.8 Å². The van der Waals surface area contributed by atoms with Crippen molar-refractivity contribution in [1.29, 1.82) is 0 Å². The fourth-order valence-electron chi connectivity index (χ4n) is 0.998. The summed E-state index contributed by atoms with van der Waals surface area (Å²) in [7, 11) is 1.66. The summed E-state index contributed by atoms with van der Waals surface area (Å²) in [5.74, 6) is 0.264. The summed E-state index contributed by atoms with van der Waals surface area (Å²) in [5.41, 5.74) is 0. The molecular weight excluding hydrogens is 198 g/mol. The summed E-state index contributed by atoms with van der Waals surface area (Å²) >= 11 is 4.24. The Bertz CT molecular complexity index is 174. The maximum atomic E-state index is 11.5. The largest absolute Gasteiger partial charge is 0.385 e. The molecule has 2 unspecified atom stereocenters. The van der Waals surface area contributed by atoms with Gasteiger partial charge < -0.3 is 10.1 Å². The lowest BCUT2D eigenvalue weighted by molar-refractivity contribution is -0.121. The van der Waals surface area contributed by atoms with Crippen molar-refractivity contribution in [1.82, 2.24) is 5.32 Å². The topological polar surface area (TPSA) is 38.3 Å². The number of carbonyl (C=O) groups is 1. The van der Waals surface area contributed by atoms with Crippen molar-refractivity contribution in [2.75, 3.05) is 13.7 Å². The van der Waals surface area contributed by atoms with Crippen LogP contribution in [-0.4, -0.2) is 30.9 Å². The van der Waals surface area contributed by atoms with E-state index in [1.165, 1.54) is 0 Å². The van der Waals surface area contributed by atoms with Gasteiger partial charge in [0.2, 0.25) is 5.91 Å². The number of nitrogens with one attached hydrogen (secondary N) is 1. The van der Waals surface area contributed by atoms with E-state index in [0.29, 0.717) is 6.61 Å². The van der Waals surface area contributed by atoms with Crippen LogP contribution in [0.4, 0.5) is 0 Å². The summed E-state index contributed by atoms with van der Waals surface area (Å²) in [6.07, 6.45) is 0.834. The standard InChI is InChI=1S/C10H21NO2S/c1-7(2)9(14)10(12)11-8(3)5-6-13-4/h7-9,14H,5-6H2,1-4H3,(H,11,12). The number of methoxy groups -OCH3 is 1. The number of rotatable bonds is 6. The van der Waals surface area contributed by atoms with Crippen LogP contribution in [0.5, 0.6) is 0 Å². The molecule has 1 amide bonds. The first-order valence-corrected chi connectivity index (χ1v) is 5.48. The highest BCUT2D eigenvalue weighted by Gasteiger charge is 2.18. The van der Waals surface area contributed by atoms with Crippen molar-refractivity contribution in [3.05, 3.63) is 0 Å². The number of carbonyl (C=O) groups excluding carboxylic acids is 1. The van der Waals surface area contributed by atoms with Gasteiger partial charge in [-0.2, -0.15) is 12.6 Å². The van der Waals surface area contributed by atoms with Crippen LogP contribution in [0.3, 0.4) is 0 Å². The molecule has 0 rings (SSSR count). The average molecular weight is 219 g/mol. The molecule has 14 heavy (non-hydrogen) atoms. The molecule has 0 saturated heterocycles. The van der Waals surface area contributed by atoms with Crippen molar-refractivity contribution in [3.8, 4) is 0 Å². The van der Waals surface area contributed by atoms with E-state index >= 15 is 0 Å². The number of ether oxygens (including phenoxy) is 1. The van der Waals surface area contributed by atoms with Gasteiger partial charge in [0.05, 0.1) is 5.25 Å². The van der Waals surface area contributed by atoms with E-state index in [-0.39, 0.29) is 23.1 Å². The Morgan fingerprint density at radius 1 is 1.43 bits per heavy atom. The highest BCUT2D eigenvalue weighted by atomic mass is 32.1. The Labute approximate surface area is 92.0 Å². The lowest BCUT2D eigenvalue weighted by Gasteiger charge is -2.18. The van der Waals surface area contributed by atoms with E-state index < -0.39 is 0 Å². The van der Waals surface area contributed by atoms with Crippen LogP contribution in [0.25, 0.3) is 0 Å². The van der Waals surface area contributed by atoms with Crippen LogP contribution in [0, 0.1) is 5.92 Å². The van der Waals surface area contributed by atoms with Gasteiger partial charge >= 0.3 is 0 Å². The molecule has 0 heterocycles. The molecule has 2 atom stereocenters. The van der Waals surface area contributed by atoms with Gasteiger partial charge in [-0.05, 0) is 19.3 Å². The van der Waals surface area contributed by atoms with Crippen LogP contribution in [0.1, 0.15) is 27.2 Å². The summed E-state index contributed by atoms with van der Waals surface area (Å²) in [6.45, 7) is 6.60. The molecule has 3 nitrogen and oxygen atoms in total. The zero-order chi connectivity index (χ0) is 11.1. The van der Waals surface area contributed by atoms with Crippen LogP contribution in [0.15, 0.2) is 0 Å². The minimum atomic E-state index is -0.222. The van der Waals surface area contributed by atoms with E-state index in [9.17, 15) is 4.79 Å². The van der Waals surface area contributed by atoms with E-state index in [1.807, 2.05) is 20.8 Å². The predicted molar refractivity (Wildman–Crippen MR) is 61.7 cm³/mol. The highest BCUT2D eigenvalue weighted by Crippen LogP contribution is 2.09. The van der Waals surface area contributed by atoms with Gasteiger partial charge in [-0.1, -0.05) is 13.8 Å². The van der Waals surface area contributed by atoms with Crippen molar-refractivity contribution in [2.45, 2.75) is 38.5 Å². The molecule has 0 aliphatic rings. The smallest absolute Gasteiger partial charge is 0.233 e. The fourth-order valence-corrected chi connectivity index (χ4v) is 1.07. The molecule has 0 fully saturated rings. The molecule has 0 aromatic carbocycles. The molecular formula is C10H21NO2S. The molecule has 0 spiro atoms. The maximum Gasteiger partial charge on any atom is 0.233 e. The van der Waals surface area contributed by atoms with Crippen molar-refractivity contribution >= 4 is 18.5 Å². The van der Waals surface area contributed by atoms with Crippen LogP contribution >= 0.6 is 12.6 Å². The van der Waals surface area contributed by atoms with Crippen LogP contribution < -0.4 is 5.32 Å². The van der Waals surface area contributed by atoms with E-state index in [2.05, 4.69) is 17.9 Å². The zero-order valence-corrected chi connectivity index (χ0v) is 10.3. The number of hydrogen-bond donors (Lipinski definition) is 2. The fraction of sp³-hybridized carbons (Fsp3) is 0.900. The molecule has 1 N–H and O–H groups in total. The van der Waals surface area contributed by atoms with Crippen LogP contribution in [-0.2, 0) is 9.53 Å². The monoisotopic (exact) mass is 219 g/mol. The van der Waals surface area contributed by atoms with E-state index in [1.54, 1.807) is 7.11 Å². The van der Waals surface area contributed by atoms with Gasteiger partial charge in [-0.25, -0.2) is 0 Å². The minimum Gasteiger partial charge on any atom is -0.385 e. The summed E-state index contributed by atoms with van der Waals surface area (Å²) < 4.78 is 4.93. The van der Waals surface area contributed by atoms with E-state index in [0.717, 1.165) is 6.42 Å². The maximum absolute atomic E-state index is 11.5. The molecule has 4 heteroatoms. The lowest BCUT2D eigenvalue weighted by Crippen LogP contribution is -2.40. The van der Waals surface area contributed by atoms with Crippen molar-refractivity contribution in [2.24, 2.45) is 5.92 Å². The minimum absolute atomic E-state index is 0.00642. The predicted octanol–water partition coefficient (Wildman–Crippen LogP) is 1.48. The Hall–Kier alpha value is -0.220.